The fourth-order valence-corrected chi connectivity index (χ4v) is 2.84. The van der Waals surface area contributed by atoms with Gasteiger partial charge < -0.3 is 15.8 Å². The third-order valence-corrected chi connectivity index (χ3v) is 4.08. The first-order chi connectivity index (χ1) is 12.5. The van der Waals surface area contributed by atoms with Crippen molar-refractivity contribution < 1.29 is 9.53 Å². The lowest BCUT2D eigenvalue weighted by molar-refractivity contribution is -0.117. The molecule has 2 aromatic heterocycles. The molecule has 7 heteroatoms. The highest BCUT2D eigenvalue weighted by molar-refractivity contribution is 5.95. The van der Waals surface area contributed by atoms with Gasteiger partial charge in [-0.05, 0) is 36.6 Å². The minimum absolute atomic E-state index is 0.204. The molecule has 0 fully saturated rings. The quantitative estimate of drug-likeness (QED) is 0.710. The molecular weight excluding hydrogens is 330 g/mol. The Bertz CT molecular complexity index is 919. The van der Waals surface area contributed by atoms with Crippen molar-refractivity contribution in [2.75, 3.05) is 12.4 Å². The van der Waals surface area contributed by atoms with E-state index in [1.165, 1.54) is 0 Å². The molecule has 0 spiro atoms. The lowest BCUT2D eigenvalue weighted by Gasteiger charge is -2.15. The van der Waals surface area contributed by atoms with E-state index in [0.717, 1.165) is 16.9 Å². The molecule has 1 atom stereocenters. The van der Waals surface area contributed by atoms with Crippen molar-refractivity contribution >= 4 is 17.2 Å². The summed E-state index contributed by atoms with van der Waals surface area (Å²) in [6.07, 6.45) is 4.08. The molecule has 3 aromatic rings. The van der Waals surface area contributed by atoms with E-state index >= 15 is 0 Å². The van der Waals surface area contributed by atoms with Gasteiger partial charge in [0.25, 0.3) is 0 Å². The molecule has 3 rings (SSSR count). The van der Waals surface area contributed by atoms with E-state index in [0.29, 0.717) is 23.8 Å². The molecule has 1 amide bonds. The molecule has 26 heavy (non-hydrogen) atoms. The number of anilines is 1. The van der Waals surface area contributed by atoms with Gasteiger partial charge in [0.15, 0.2) is 5.65 Å². The van der Waals surface area contributed by atoms with Crippen LogP contribution in [0.2, 0.25) is 0 Å². The number of carbonyl (C=O) groups is 1. The third-order valence-electron chi connectivity index (χ3n) is 4.08. The van der Waals surface area contributed by atoms with Crippen LogP contribution in [-0.4, -0.2) is 33.7 Å². The molecule has 0 aliphatic rings. The topological polar surface area (TPSA) is 94.5 Å². The van der Waals surface area contributed by atoms with E-state index < -0.39 is 6.04 Å². The average Bonchev–Trinajstić information content (AvgIpc) is 3.05. The molecular formula is C19H23N5O2. The Kier molecular flexibility index (Phi) is 5.18. The van der Waals surface area contributed by atoms with Crippen molar-refractivity contribution in [2.45, 2.75) is 26.3 Å². The second-order valence-electron chi connectivity index (χ2n) is 6.58. The predicted molar refractivity (Wildman–Crippen MR) is 101 cm³/mol. The van der Waals surface area contributed by atoms with Gasteiger partial charge in [0.1, 0.15) is 5.75 Å². The Balaban J connectivity index is 1.88. The molecule has 0 radical (unpaired) electrons. The second kappa shape index (κ2) is 7.53. The molecule has 0 aliphatic carbocycles. The maximum atomic E-state index is 12.2. The van der Waals surface area contributed by atoms with Crippen LogP contribution in [0.15, 0.2) is 42.7 Å². The molecule has 1 unspecified atom stereocenters. The zero-order valence-corrected chi connectivity index (χ0v) is 15.1. The number of methoxy groups -OCH3 is 1. The molecule has 0 bridgehead atoms. The number of amides is 1. The highest BCUT2D eigenvalue weighted by atomic mass is 16.5. The fourth-order valence-electron chi connectivity index (χ4n) is 2.84. The number of imidazole rings is 1. The number of hydrogen-bond donors (Lipinski definition) is 2. The number of nitrogens with two attached hydrogens (primary N) is 1. The Morgan fingerprint density at radius 2 is 2.15 bits per heavy atom. The molecule has 1 aromatic carbocycles. The minimum Gasteiger partial charge on any atom is -0.496 e. The normalized spacial score (nSPS) is 12.3. The van der Waals surface area contributed by atoms with E-state index in [4.69, 9.17) is 10.5 Å². The average molecular weight is 353 g/mol. The van der Waals surface area contributed by atoms with Crippen LogP contribution in [0.4, 0.5) is 5.69 Å². The fraction of sp³-hybridized carbons (Fsp3) is 0.316. The summed E-state index contributed by atoms with van der Waals surface area (Å²) in [6.45, 7) is 4.07. The summed E-state index contributed by atoms with van der Waals surface area (Å²) in [5.74, 6) is 0.771. The van der Waals surface area contributed by atoms with Crippen molar-refractivity contribution in [1.29, 1.82) is 0 Å². The number of rotatable bonds is 6. The standard InChI is InChI=1S/C19H23N5O2/c1-12(2)9-15(20)19(25)23-13-6-7-14(17(10-13)26-3)16-11-21-18-5-4-8-22-24(16)18/h4-8,10-12,15H,9,20H2,1-3H3,(H,23,25). The van der Waals surface area contributed by atoms with Gasteiger partial charge in [0, 0.05) is 23.5 Å². The van der Waals surface area contributed by atoms with E-state index in [2.05, 4.69) is 15.4 Å². The van der Waals surface area contributed by atoms with E-state index in [9.17, 15) is 4.79 Å². The number of ether oxygens (including phenoxy) is 1. The maximum absolute atomic E-state index is 12.2. The maximum Gasteiger partial charge on any atom is 0.241 e. The first kappa shape index (κ1) is 17.9. The number of nitrogens with zero attached hydrogens (tertiary/aromatic N) is 3. The van der Waals surface area contributed by atoms with Gasteiger partial charge in [-0.2, -0.15) is 5.10 Å². The summed E-state index contributed by atoms with van der Waals surface area (Å²) < 4.78 is 7.26. The van der Waals surface area contributed by atoms with Gasteiger partial charge in [-0.1, -0.05) is 13.8 Å². The Labute approximate surface area is 152 Å². The van der Waals surface area contributed by atoms with Gasteiger partial charge in [-0.15, -0.1) is 0 Å². The second-order valence-corrected chi connectivity index (χ2v) is 6.58. The van der Waals surface area contributed by atoms with Crippen LogP contribution >= 0.6 is 0 Å². The van der Waals surface area contributed by atoms with Crippen molar-refractivity contribution in [3.8, 4) is 17.0 Å². The smallest absolute Gasteiger partial charge is 0.241 e. The largest absolute Gasteiger partial charge is 0.496 e. The van der Waals surface area contributed by atoms with Crippen LogP contribution < -0.4 is 15.8 Å². The predicted octanol–water partition coefficient (Wildman–Crippen LogP) is 2.72. The van der Waals surface area contributed by atoms with Crippen LogP contribution in [0.1, 0.15) is 20.3 Å². The minimum atomic E-state index is -0.538. The van der Waals surface area contributed by atoms with E-state index in [1.54, 1.807) is 30.1 Å². The van der Waals surface area contributed by atoms with Crippen molar-refractivity contribution in [3.05, 3.63) is 42.7 Å². The molecule has 7 nitrogen and oxygen atoms in total. The zero-order chi connectivity index (χ0) is 18.7. The molecule has 0 saturated heterocycles. The number of benzene rings is 1. The van der Waals surface area contributed by atoms with Gasteiger partial charge in [0.05, 0.1) is 25.0 Å². The number of fused-ring (bicyclic) bond motifs is 1. The Hall–Kier alpha value is -2.93. The number of aromatic nitrogens is 3. The Morgan fingerprint density at radius 3 is 2.88 bits per heavy atom. The summed E-state index contributed by atoms with van der Waals surface area (Å²) in [5, 5.41) is 7.18. The lowest BCUT2D eigenvalue weighted by Crippen LogP contribution is -2.36. The summed E-state index contributed by atoms with van der Waals surface area (Å²) in [7, 11) is 1.59. The summed E-state index contributed by atoms with van der Waals surface area (Å²) in [6, 6.07) is 8.65. The van der Waals surface area contributed by atoms with Gasteiger partial charge in [-0.3, -0.25) is 4.79 Å². The molecule has 3 N–H and O–H groups in total. The van der Waals surface area contributed by atoms with Crippen LogP contribution in [-0.2, 0) is 4.79 Å². The van der Waals surface area contributed by atoms with Crippen LogP contribution in [0.25, 0.3) is 16.9 Å². The molecule has 2 heterocycles. The highest BCUT2D eigenvalue weighted by Gasteiger charge is 2.17. The van der Waals surface area contributed by atoms with E-state index in [1.807, 2.05) is 38.1 Å². The van der Waals surface area contributed by atoms with Gasteiger partial charge in [-0.25, -0.2) is 9.50 Å². The molecule has 0 aliphatic heterocycles. The Morgan fingerprint density at radius 1 is 1.35 bits per heavy atom. The summed E-state index contributed by atoms with van der Waals surface area (Å²) in [5.41, 5.74) is 8.98. The van der Waals surface area contributed by atoms with Crippen molar-refractivity contribution in [3.63, 3.8) is 0 Å². The van der Waals surface area contributed by atoms with Crippen LogP contribution in [0.3, 0.4) is 0 Å². The highest BCUT2D eigenvalue weighted by Crippen LogP contribution is 2.32. The van der Waals surface area contributed by atoms with Crippen molar-refractivity contribution in [2.24, 2.45) is 11.7 Å². The first-order valence-electron chi connectivity index (χ1n) is 8.53. The van der Waals surface area contributed by atoms with Crippen molar-refractivity contribution in [1.82, 2.24) is 14.6 Å². The lowest BCUT2D eigenvalue weighted by atomic mass is 10.0. The molecule has 136 valence electrons. The molecule has 0 saturated carbocycles. The van der Waals surface area contributed by atoms with Gasteiger partial charge >= 0.3 is 0 Å². The zero-order valence-electron chi connectivity index (χ0n) is 15.1. The monoisotopic (exact) mass is 353 g/mol. The number of hydrogen-bond acceptors (Lipinski definition) is 5. The van der Waals surface area contributed by atoms with Crippen LogP contribution in [0, 0.1) is 5.92 Å². The first-order valence-corrected chi connectivity index (χ1v) is 8.53. The summed E-state index contributed by atoms with van der Waals surface area (Å²) >= 11 is 0. The SMILES string of the molecule is COc1cc(NC(=O)C(N)CC(C)C)ccc1-c1cnc2cccnn12. The van der Waals surface area contributed by atoms with E-state index in [-0.39, 0.29) is 5.91 Å². The van der Waals surface area contributed by atoms with Crippen LogP contribution in [0.5, 0.6) is 5.75 Å². The number of nitrogens with one attached hydrogen (secondary N) is 1. The van der Waals surface area contributed by atoms with Gasteiger partial charge in [0.2, 0.25) is 5.91 Å². The summed E-state index contributed by atoms with van der Waals surface area (Å²) in [4.78, 5) is 16.6. The number of carbonyl (C=O) groups excluding carboxylic acids is 1. The third kappa shape index (κ3) is 3.67.